The monoisotopic (exact) mass is 389 g/mol. The summed E-state index contributed by atoms with van der Waals surface area (Å²) in [6.45, 7) is 6.80. The molecule has 0 aromatic carbocycles. The molecule has 0 atom stereocenters. The topological polar surface area (TPSA) is 98.5 Å². The molecule has 0 saturated heterocycles. The molecule has 0 aliphatic rings. The number of hydrogen-bond acceptors (Lipinski definition) is 8. The van der Waals surface area contributed by atoms with Crippen molar-refractivity contribution in [3.8, 4) is 11.4 Å². The highest BCUT2D eigenvalue weighted by atomic mass is 32.2. The van der Waals surface area contributed by atoms with E-state index < -0.39 is 0 Å². The molecule has 3 aromatic rings. The maximum atomic E-state index is 12.2. The minimum absolute atomic E-state index is 0.143. The molecular formula is C16H19N7OS2. The van der Waals surface area contributed by atoms with Crippen molar-refractivity contribution >= 4 is 34.1 Å². The van der Waals surface area contributed by atoms with Crippen LogP contribution in [0.15, 0.2) is 29.7 Å². The Balaban J connectivity index is 1.64. The Labute approximate surface area is 159 Å². The molecule has 1 N–H and O–H groups in total. The van der Waals surface area contributed by atoms with Crippen LogP contribution in [0.25, 0.3) is 11.4 Å². The molecule has 0 radical (unpaired) electrons. The summed E-state index contributed by atoms with van der Waals surface area (Å²) in [5, 5.41) is 21.4. The summed E-state index contributed by atoms with van der Waals surface area (Å²) >= 11 is 2.74. The zero-order valence-electron chi connectivity index (χ0n) is 14.7. The minimum atomic E-state index is -0.143. The minimum Gasteiger partial charge on any atom is -0.302 e. The number of rotatable bonds is 7. The van der Waals surface area contributed by atoms with Crippen LogP contribution in [0.4, 0.5) is 5.13 Å². The number of amides is 1. The summed E-state index contributed by atoms with van der Waals surface area (Å²) < 4.78 is 1.97. The number of pyridine rings is 1. The number of nitrogens with one attached hydrogen (secondary N) is 1. The van der Waals surface area contributed by atoms with Gasteiger partial charge in [0.25, 0.3) is 0 Å². The lowest BCUT2D eigenvalue weighted by Gasteiger charge is -2.06. The maximum absolute atomic E-state index is 12.2. The van der Waals surface area contributed by atoms with Crippen molar-refractivity contribution in [3.05, 3.63) is 29.5 Å². The van der Waals surface area contributed by atoms with Gasteiger partial charge in [-0.05, 0) is 19.1 Å². The molecular weight excluding hydrogens is 370 g/mol. The SMILES string of the molecule is CCn1c(SCC(=O)Nc2nnc(C(C)C)s2)nnc1-c1cccnc1. The van der Waals surface area contributed by atoms with Gasteiger partial charge in [0.2, 0.25) is 11.0 Å². The average molecular weight is 390 g/mol. The van der Waals surface area contributed by atoms with Gasteiger partial charge in [-0.2, -0.15) is 0 Å². The van der Waals surface area contributed by atoms with E-state index in [1.165, 1.54) is 23.1 Å². The van der Waals surface area contributed by atoms with E-state index >= 15 is 0 Å². The van der Waals surface area contributed by atoms with Crippen LogP contribution in [-0.2, 0) is 11.3 Å². The Morgan fingerprint density at radius 1 is 1.31 bits per heavy atom. The highest BCUT2D eigenvalue weighted by Gasteiger charge is 2.16. The number of carbonyl (C=O) groups is 1. The number of hydrogen-bond donors (Lipinski definition) is 1. The fourth-order valence-corrected chi connectivity index (χ4v) is 3.76. The van der Waals surface area contributed by atoms with E-state index in [2.05, 4.69) is 30.7 Å². The first-order valence-corrected chi connectivity index (χ1v) is 9.98. The van der Waals surface area contributed by atoms with Crippen LogP contribution in [-0.4, -0.2) is 41.6 Å². The Bertz CT molecular complexity index is 876. The summed E-state index contributed by atoms with van der Waals surface area (Å²) in [5.41, 5.74) is 0.897. The Kier molecular flexibility index (Phi) is 5.94. The third-order valence-electron chi connectivity index (χ3n) is 3.47. The molecule has 0 unspecified atom stereocenters. The van der Waals surface area contributed by atoms with Gasteiger partial charge in [-0.1, -0.05) is 36.9 Å². The van der Waals surface area contributed by atoms with Gasteiger partial charge in [0.15, 0.2) is 11.0 Å². The van der Waals surface area contributed by atoms with E-state index in [1.54, 1.807) is 12.4 Å². The fourth-order valence-electron chi connectivity index (χ4n) is 2.19. The van der Waals surface area contributed by atoms with Crippen LogP contribution in [0.5, 0.6) is 0 Å². The standard InChI is InChI=1S/C16H19N7OS2/c1-4-23-13(11-6-5-7-17-8-11)19-22-16(23)25-9-12(24)18-15-21-20-14(26-15)10(2)3/h5-8,10H,4,9H2,1-3H3,(H,18,21,24). The number of carbonyl (C=O) groups excluding carboxylic acids is 1. The Morgan fingerprint density at radius 2 is 2.15 bits per heavy atom. The Morgan fingerprint density at radius 3 is 2.81 bits per heavy atom. The lowest BCUT2D eigenvalue weighted by Crippen LogP contribution is -2.14. The van der Waals surface area contributed by atoms with E-state index in [1.807, 2.05) is 37.5 Å². The summed E-state index contributed by atoms with van der Waals surface area (Å²) in [7, 11) is 0. The van der Waals surface area contributed by atoms with Crippen molar-refractivity contribution in [3.63, 3.8) is 0 Å². The molecule has 0 aliphatic carbocycles. The van der Waals surface area contributed by atoms with E-state index in [-0.39, 0.29) is 11.7 Å². The first-order valence-electron chi connectivity index (χ1n) is 8.18. The number of thioether (sulfide) groups is 1. The van der Waals surface area contributed by atoms with Crippen molar-refractivity contribution < 1.29 is 4.79 Å². The molecule has 26 heavy (non-hydrogen) atoms. The van der Waals surface area contributed by atoms with Crippen LogP contribution in [0.2, 0.25) is 0 Å². The smallest absolute Gasteiger partial charge is 0.236 e. The first kappa shape index (κ1) is 18.5. The van der Waals surface area contributed by atoms with Gasteiger partial charge in [-0.25, -0.2) is 0 Å². The lowest BCUT2D eigenvalue weighted by molar-refractivity contribution is -0.113. The van der Waals surface area contributed by atoms with Gasteiger partial charge in [-0.15, -0.1) is 20.4 Å². The van der Waals surface area contributed by atoms with Crippen LogP contribution >= 0.6 is 23.1 Å². The second-order valence-electron chi connectivity index (χ2n) is 5.73. The van der Waals surface area contributed by atoms with E-state index in [4.69, 9.17) is 0 Å². The first-order chi connectivity index (χ1) is 12.6. The van der Waals surface area contributed by atoms with Crippen molar-refractivity contribution in [2.75, 3.05) is 11.1 Å². The fraction of sp³-hybridized carbons (Fsp3) is 0.375. The zero-order valence-corrected chi connectivity index (χ0v) is 16.3. The van der Waals surface area contributed by atoms with Gasteiger partial charge in [-0.3, -0.25) is 15.1 Å². The quantitative estimate of drug-likeness (QED) is 0.620. The molecule has 0 saturated carbocycles. The van der Waals surface area contributed by atoms with Crippen LogP contribution in [0.1, 0.15) is 31.7 Å². The van der Waals surface area contributed by atoms with Crippen molar-refractivity contribution in [2.45, 2.75) is 38.4 Å². The molecule has 1 amide bonds. The van der Waals surface area contributed by atoms with Crippen molar-refractivity contribution in [2.24, 2.45) is 0 Å². The van der Waals surface area contributed by atoms with Gasteiger partial charge >= 0.3 is 0 Å². The van der Waals surface area contributed by atoms with E-state index in [9.17, 15) is 4.79 Å². The molecule has 0 fully saturated rings. The summed E-state index contributed by atoms with van der Waals surface area (Å²) in [4.78, 5) is 16.3. The number of aromatic nitrogens is 6. The zero-order chi connectivity index (χ0) is 18.5. The lowest BCUT2D eigenvalue weighted by atomic mass is 10.2. The summed E-state index contributed by atoms with van der Waals surface area (Å²) in [6, 6.07) is 3.80. The average Bonchev–Trinajstić information content (AvgIpc) is 3.27. The molecule has 3 rings (SSSR count). The number of anilines is 1. The maximum Gasteiger partial charge on any atom is 0.236 e. The molecule has 0 spiro atoms. The predicted molar refractivity (Wildman–Crippen MR) is 102 cm³/mol. The Hall–Kier alpha value is -2.33. The molecule has 0 bridgehead atoms. The van der Waals surface area contributed by atoms with Crippen LogP contribution < -0.4 is 5.32 Å². The van der Waals surface area contributed by atoms with Crippen LogP contribution in [0, 0.1) is 0 Å². The molecule has 3 aromatic heterocycles. The van der Waals surface area contributed by atoms with E-state index in [0.717, 1.165) is 16.4 Å². The van der Waals surface area contributed by atoms with E-state index in [0.29, 0.717) is 22.8 Å². The van der Waals surface area contributed by atoms with Gasteiger partial charge in [0, 0.05) is 30.4 Å². The molecule has 3 heterocycles. The third kappa shape index (κ3) is 4.25. The summed E-state index contributed by atoms with van der Waals surface area (Å²) in [6.07, 6.45) is 3.47. The van der Waals surface area contributed by atoms with Crippen molar-refractivity contribution in [1.82, 2.24) is 29.9 Å². The normalized spacial score (nSPS) is 11.1. The molecule has 10 heteroatoms. The second kappa shape index (κ2) is 8.37. The van der Waals surface area contributed by atoms with Crippen LogP contribution in [0.3, 0.4) is 0 Å². The largest absolute Gasteiger partial charge is 0.302 e. The van der Waals surface area contributed by atoms with Crippen molar-refractivity contribution in [1.29, 1.82) is 0 Å². The number of nitrogens with zero attached hydrogens (tertiary/aromatic N) is 6. The van der Waals surface area contributed by atoms with Gasteiger partial charge in [0.05, 0.1) is 5.75 Å². The van der Waals surface area contributed by atoms with Gasteiger partial charge < -0.3 is 4.57 Å². The third-order valence-corrected chi connectivity index (χ3v) is 5.57. The second-order valence-corrected chi connectivity index (χ2v) is 7.68. The summed E-state index contributed by atoms with van der Waals surface area (Å²) in [5.74, 6) is 1.12. The van der Waals surface area contributed by atoms with Gasteiger partial charge in [0.1, 0.15) is 5.01 Å². The highest BCUT2D eigenvalue weighted by Crippen LogP contribution is 2.25. The molecule has 0 aliphatic heterocycles. The molecule has 8 nitrogen and oxygen atoms in total. The molecule has 136 valence electrons. The highest BCUT2D eigenvalue weighted by molar-refractivity contribution is 7.99. The predicted octanol–water partition coefficient (Wildman–Crippen LogP) is 3.07.